The molecule has 0 unspecified atom stereocenters. The third kappa shape index (κ3) is 2.41. The van der Waals surface area contributed by atoms with Crippen molar-refractivity contribution in [2.24, 2.45) is 0 Å². The Morgan fingerprint density at radius 1 is 0.650 bits per heavy atom. The van der Waals surface area contributed by atoms with Crippen molar-refractivity contribution in [2.75, 3.05) is 0 Å². The van der Waals surface area contributed by atoms with Gasteiger partial charge in [-0.2, -0.15) is 0 Å². The van der Waals surface area contributed by atoms with Gasteiger partial charge in [0.15, 0.2) is 0 Å². The number of rotatable bonds is 2. The van der Waals surface area contributed by atoms with E-state index in [-0.39, 0.29) is 0 Å². The molecule has 0 heterocycles. The first kappa shape index (κ1) is 13.1. The molecule has 0 radical (unpaired) electrons. The molecule has 0 aliphatic heterocycles. The maximum absolute atomic E-state index is 2.39. The molecule has 0 N–H and O–H groups in total. The van der Waals surface area contributed by atoms with Gasteiger partial charge in [0.1, 0.15) is 0 Å². The maximum atomic E-state index is 2.39. The van der Waals surface area contributed by atoms with Crippen molar-refractivity contribution >= 4 is 24.0 Å². The maximum Gasteiger partial charge on any atom is 0.0775 e. The van der Waals surface area contributed by atoms with Gasteiger partial charge in [0.2, 0.25) is 0 Å². The summed E-state index contributed by atoms with van der Waals surface area (Å²) < 4.78 is 0. The van der Waals surface area contributed by atoms with Crippen molar-refractivity contribution in [1.82, 2.24) is 0 Å². The molecule has 20 heavy (non-hydrogen) atoms. The second-order valence-corrected chi connectivity index (χ2v) is 11.4. The number of hydrogen-bond donors (Lipinski definition) is 0. The number of benzene rings is 3. The summed E-state index contributed by atoms with van der Waals surface area (Å²) in [4.78, 5) is 0. The summed E-state index contributed by atoms with van der Waals surface area (Å²) in [5.41, 5.74) is 2.63. The van der Waals surface area contributed by atoms with Crippen LogP contribution in [0.4, 0.5) is 0 Å². The normalized spacial score (nSPS) is 11.8. The van der Waals surface area contributed by atoms with Crippen LogP contribution in [0.15, 0.2) is 66.7 Å². The molecular formula is C19H20Si. The summed E-state index contributed by atoms with van der Waals surface area (Å²) in [7, 11) is -1.21. The van der Waals surface area contributed by atoms with Crippen LogP contribution in [0.5, 0.6) is 0 Å². The van der Waals surface area contributed by atoms with Crippen LogP contribution in [0.2, 0.25) is 19.6 Å². The highest BCUT2D eigenvalue weighted by Gasteiger charge is 2.15. The fraction of sp³-hybridized carbons (Fsp3) is 0.158. The minimum atomic E-state index is -1.21. The summed E-state index contributed by atoms with van der Waals surface area (Å²) in [5.74, 6) is 0. The van der Waals surface area contributed by atoms with Gasteiger partial charge in [-0.25, -0.2) is 0 Å². The Bertz CT molecular complexity index is 728. The minimum Gasteiger partial charge on any atom is -0.0656 e. The van der Waals surface area contributed by atoms with Crippen LogP contribution in [0.25, 0.3) is 21.9 Å². The van der Waals surface area contributed by atoms with Crippen molar-refractivity contribution in [1.29, 1.82) is 0 Å². The molecule has 0 atom stereocenters. The Morgan fingerprint density at radius 3 is 2.00 bits per heavy atom. The highest BCUT2D eigenvalue weighted by Crippen LogP contribution is 2.28. The van der Waals surface area contributed by atoms with Gasteiger partial charge in [-0.1, -0.05) is 91.6 Å². The summed E-state index contributed by atoms with van der Waals surface area (Å²) in [5, 5.41) is 4.15. The molecule has 0 saturated carbocycles. The second kappa shape index (κ2) is 4.91. The van der Waals surface area contributed by atoms with Crippen molar-refractivity contribution in [3.8, 4) is 11.1 Å². The van der Waals surface area contributed by atoms with E-state index in [1.807, 2.05) is 0 Å². The molecular weight excluding hydrogens is 256 g/mol. The van der Waals surface area contributed by atoms with Crippen molar-refractivity contribution in [2.45, 2.75) is 19.6 Å². The summed E-state index contributed by atoms with van der Waals surface area (Å²) in [6, 6.07) is 24.3. The lowest BCUT2D eigenvalue weighted by Crippen LogP contribution is -2.37. The van der Waals surface area contributed by atoms with Crippen LogP contribution >= 0.6 is 0 Å². The fourth-order valence-electron chi connectivity index (χ4n) is 2.63. The van der Waals surface area contributed by atoms with Gasteiger partial charge in [-0.3, -0.25) is 0 Å². The van der Waals surface area contributed by atoms with Gasteiger partial charge in [-0.15, -0.1) is 0 Å². The smallest absolute Gasteiger partial charge is 0.0656 e. The Kier molecular flexibility index (Phi) is 3.23. The molecule has 1 heteroatoms. The molecule has 0 amide bonds. The van der Waals surface area contributed by atoms with E-state index >= 15 is 0 Å². The van der Waals surface area contributed by atoms with E-state index in [1.54, 1.807) is 0 Å². The van der Waals surface area contributed by atoms with Gasteiger partial charge >= 0.3 is 0 Å². The predicted molar refractivity (Wildman–Crippen MR) is 92.4 cm³/mol. The largest absolute Gasteiger partial charge is 0.0775 e. The van der Waals surface area contributed by atoms with Crippen molar-refractivity contribution in [3.63, 3.8) is 0 Å². The first-order valence-electron chi connectivity index (χ1n) is 7.14. The van der Waals surface area contributed by atoms with E-state index in [4.69, 9.17) is 0 Å². The van der Waals surface area contributed by atoms with Crippen LogP contribution < -0.4 is 5.19 Å². The van der Waals surface area contributed by atoms with Gasteiger partial charge in [-0.05, 0) is 21.9 Å². The summed E-state index contributed by atoms with van der Waals surface area (Å²) >= 11 is 0. The van der Waals surface area contributed by atoms with Crippen molar-refractivity contribution in [3.05, 3.63) is 66.7 Å². The average molecular weight is 276 g/mol. The molecule has 3 rings (SSSR count). The van der Waals surface area contributed by atoms with Gasteiger partial charge in [0.05, 0.1) is 8.07 Å². The Balaban J connectivity index is 2.12. The van der Waals surface area contributed by atoms with E-state index < -0.39 is 8.07 Å². The molecule has 100 valence electrons. The molecule has 0 aliphatic rings. The summed E-state index contributed by atoms with van der Waals surface area (Å²) in [6.07, 6.45) is 0. The molecule has 0 spiro atoms. The SMILES string of the molecule is C[Si](C)(C)c1ccc(-c2cccc3ccccc23)cc1. The van der Waals surface area contributed by atoms with Gasteiger partial charge in [0.25, 0.3) is 0 Å². The zero-order valence-electron chi connectivity index (χ0n) is 12.4. The monoisotopic (exact) mass is 276 g/mol. The van der Waals surface area contributed by atoms with E-state index in [0.717, 1.165) is 0 Å². The van der Waals surface area contributed by atoms with Crippen molar-refractivity contribution < 1.29 is 0 Å². The van der Waals surface area contributed by atoms with E-state index in [9.17, 15) is 0 Å². The standard InChI is InChI=1S/C19H20Si/c1-20(2,3)17-13-11-16(12-14-17)19-10-6-8-15-7-4-5-9-18(15)19/h4-14H,1-3H3. The average Bonchev–Trinajstić information content (AvgIpc) is 2.46. The highest BCUT2D eigenvalue weighted by atomic mass is 28.3. The predicted octanol–water partition coefficient (Wildman–Crippen LogP) is 5.05. The molecule has 3 aromatic rings. The van der Waals surface area contributed by atoms with Crippen LogP contribution in [-0.4, -0.2) is 8.07 Å². The van der Waals surface area contributed by atoms with E-state index in [2.05, 4.69) is 86.4 Å². The molecule has 0 nitrogen and oxygen atoms in total. The van der Waals surface area contributed by atoms with Crippen LogP contribution in [0.1, 0.15) is 0 Å². The Hall–Kier alpha value is -1.86. The minimum absolute atomic E-state index is 1.21. The third-order valence-corrected chi connectivity index (χ3v) is 5.92. The zero-order valence-corrected chi connectivity index (χ0v) is 13.4. The van der Waals surface area contributed by atoms with Crippen LogP contribution in [0, 0.1) is 0 Å². The topological polar surface area (TPSA) is 0 Å². The first-order chi connectivity index (χ1) is 9.55. The van der Waals surface area contributed by atoms with Crippen LogP contribution in [0.3, 0.4) is 0 Å². The lowest BCUT2D eigenvalue weighted by atomic mass is 9.98. The molecule has 0 bridgehead atoms. The Morgan fingerprint density at radius 2 is 1.30 bits per heavy atom. The molecule has 3 aromatic carbocycles. The molecule has 0 saturated heterocycles. The molecule has 0 aromatic heterocycles. The Labute approximate surface area is 122 Å². The number of hydrogen-bond acceptors (Lipinski definition) is 0. The quantitative estimate of drug-likeness (QED) is 0.574. The molecule has 0 fully saturated rings. The summed E-state index contributed by atoms with van der Waals surface area (Å²) in [6.45, 7) is 7.17. The fourth-order valence-corrected chi connectivity index (χ4v) is 3.79. The van der Waals surface area contributed by atoms with E-state index in [0.29, 0.717) is 0 Å². The van der Waals surface area contributed by atoms with Gasteiger partial charge in [0, 0.05) is 0 Å². The second-order valence-electron chi connectivity index (χ2n) is 6.35. The first-order valence-corrected chi connectivity index (χ1v) is 10.6. The van der Waals surface area contributed by atoms with Gasteiger partial charge < -0.3 is 0 Å². The van der Waals surface area contributed by atoms with Crippen LogP contribution in [-0.2, 0) is 0 Å². The van der Waals surface area contributed by atoms with E-state index in [1.165, 1.54) is 27.1 Å². The molecule has 0 aliphatic carbocycles. The third-order valence-electron chi connectivity index (χ3n) is 3.85. The highest BCUT2D eigenvalue weighted by molar-refractivity contribution is 6.88. The zero-order chi connectivity index (χ0) is 14.2. The lowest BCUT2D eigenvalue weighted by Gasteiger charge is -2.17. The lowest BCUT2D eigenvalue weighted by molar-refractivity contribution is 1.64. The number of fused-ring (bicyclic) bond motifs is 1.